The van der Waals surface area contributed by atoms with Gasteiger partial charge >= 0.3 is 0 Å². The van der Waals surface area contributed by atoms with Gasteiger partial charge in [-0.2, -0.15) is 5.10 Å². The lowest BCUT2D eigenvalue weighted by atomic mass is 10.1. The van der Waals surface area contributed by atoms with Crippen molar-refractivity contribution in [1.82, 2.24) is 30.4 Å². The summed E-state index contributed by atoms with van der Waals surface area (Å²) in [5.74, 6) is -1.81. The van der Waals surface area contributed by atoms with Gasteiger partial charge in [-0.05, 0) is 48.0 Å². The number of allylic oxidation sites excluding steroid dienone is 2. The first-order chi connectivity index (χ1) is 17.4. The normalized spacial score (nSPS) is 16.1. The number of nitrogens with zero attached hydrogens (tertiary/aromatic N) is 5. The fourth-order valence-electron chi connectivity index (χ4n) is 3.79. The van der Waals surface area contributed by atoms with Crippen molar-refractivity contribution in [1.29, 1.82) is 0 Å². The average molecular weight is 488 g/mol. The molecule has 12 heteroatoms. The minimum absolute atomic E-state index is 0.0265. The smallest absolute Gasteiger partial charge is 0.254 e. The van der Waals surface area contributed by atoms with Gasteiger partial charge in [-0.25, -0.2) is 14.4 Å². The van der Waals surface area contributed by atoms with Gasteiger partial charge in [-0.3, -0.25) is 19.6 Å². The van der Waals surface area contributed by atoms with Gasteiger partial charge in [0.15, 0.2) is 11.6 Å². The summed E-state index contributed by atoms with van der Waals surface area (Å²) in [6.45, 7) is 0. The first-order valence-corrected chi connectivity index (χ1v) is 10.9. The van der Waals surface area contributed by atoms with Crippen molar-refractivity contribution < 1.29 is 18.7 Å². The summed E-state index contributed by atoms with van der Waals surface area (Å²) >= 11 is 0. The zero-order valence-corrected chi connectivity index (χ0v) is 19.1. The fourth-order valence-corrected chi connectivity index (χ4v) is 3.79. The number of hydrazone groups is 1. The van der Waals surface area contributed by atoms with Crippen LogP contribution in [-0.4, -0.2) is 43.7 Å². The number of fused-ring (bicyclic) bond motifs is 1. The van der Waals surface area contributed by atoms with E-state index in [1.54, 1.807) is 28.2 Å². The molecule has 5 rings (SSSR count). The molecule has 3 aromatic rings. The van der Waals surface area contributed by atoms with Crippen LogP contribution in [0.3, 0.4) is 0 Å². The number of primary amides is 1. The van der Waals surface area contributed by atoms with Crippen LogP contribution < -0.4 is 21.1 Å². The van der Waals surface area contributed by atoms with Crippen LogP contribution in [0.4, 0.5) is 4.39 Å². The highest BCUT2D eigenvalue weighted by Gasteiger charge is 2.27. The number of amides is 2. The minimum Gasteiger partial charge on any atom is -0.435 e. The second kappa shape index (κ2) is 9.33. The maximum absolute atomic E-state index is 14.6. The zero-order valence-electron chi connectivity index (χ0n) is 19.1. The number of ether oxygens (including phenoxy) is 1. The van der Waals surface area contributed by atoms with Gasteiger partial charge in [0.05, 0.1) is 12.1 Å². The van der Waals surface area contributed by atoms with Crippen LogP contribution in [0.25, 0.3) is 5.57 Å². The molecule has 36 heavy (non-hydrogen) atoms. The van der Waals surface area contributed by atoms with Crippen LogP contribution in [0.2, 0.25) is 0 Å². The van der Waals surface area contributed by atoms with E-state index in [9.17, 15) is 14.0 Å². The molecule has 0 aliphatic carbocycles. The summed E-state index contributed by atoms with van der Waals surface area (Å²) in [5, 5.41) is 16.0. The van der Waals surface area contributed by atoms with Crippen LogP contribution >= 0.6 is 0 Å². The van der Waals surface area contributed by atoms with Crippen molar-refractivity contribution in [2.75, 3.05) is 0 Å². The number of benzene rings is 1. The Labute approximate surface area is 204 Å². The Morgan fingerprint density at radius 1 is 1.25 bits per heavy atom. The minimum atomic E-state index is -0.745. The van der Waals surface area contributed by atoms with Gasteiger partial charge in [-0.15, -0.1) is 5.10 Å². The molecule has 0 fully saturated rings. The predicted molar refractivity (Wildman–Crippen MR) is 128 cm³/mol. The largest absolute Gasteiger partial charge is 0.435 e. The van der Waals surface area contributed by atoms with Gasteiger partial charge in [0.1, 0.15) is 11.7 Å². The third kappa shape index (κ3) is 4.64. The van der Waals surface area contributed by atoms with E-state index in [1.807, 2.05) is 25.3 Å². The molecular weight excluding hydrogens is 467 g/mol. The lowest BCUT2D eigenvalue weighted by molar-refractivity contribution is -0.119. The van der Waals surface area contributed by atoms with E-state index in [0.717, 1.165) is 11.3 Å². The highest BCUT2D eigenvalue weighted by molar-refractivity contribution is 5.98. The quantitative estimate of drug-likeness (QED) is 0.479. The number of aryl methyl sites for hydroxylation is 1. The number of nitrogens with two attached hydrogens (primary N) is 1. The molecule has 1 aromatic carbocycles. The summed E-state index contributed by atoms with van der Waals surface area (Å²) in [6, 6.07) is 8.95. The van der Waals surface area contributed by atoms with E-state index in [1.165, 1.54) is 30.5 Å². The maximum Gasteiger partial charge on any atom is 0.254 e. The fraction of sp³-hybridized carbons (Fsp3) is 0.125. The van der Waals surface area contributed by atoms with E-state index in [-0.39, 0.29) is 41.6 Å². The Morgan fingerprint density at radius 2 is 2.11 bits per heavy atom. The highest BCUT2D eigenvalue weighted by atomic mass is 19.1. The molecule has 4 N–H and O–H groups in total. The van der Waals surface area contributed by atoms with Gasteiger partial charge in [0.25, 0.3) is 5.91 Å². The Morgan fingerprint density at radius 3 is 2.86 bits per heavy atom. The van der Waals surface area contributed by atoms with Crippen LogP contribution in [-0.2, 0) is 18.3 Å². The number of halogens is 1. The molecule has 0 spiro atoms. The van der Waals surface area contributed by atoms with Crippen molar-refractivity contribution in [3.05, 3.63) is 89.8 Å². The Bertz CT molecular complexity index is 1440. The second-order valence-electron chi connectivity index (χ2n) is 8.01. The predicted octanol–water partition coefficient (Wildman–Crippen LogP) is 1.62. The van der Waals surface area contributed by atoms with Crippen molar-refractivity contribution in [3.63, 3.8) is 0 Å². The number of pyridine rings is 1. The Hall–Kier alpha value is -5.00. The summed E-state index contributed by atoms with van der Waals surface area (Å²) in [7, 11) is 1.86. The number of rotatable bonds is 6. The molecule has 2 aliphatic heterocycles. The molecule has 0 bridgehead atoms. The van der Waals surface area contributed by atoms with Crippen LogP contribution in [0.15, 0.2) is 72.2 Å². The number of guanidine groups is 1. The SMILES string of the molecule is Cn1nccc1C1=CC2NC(NC(=O)Cc3ccc(Oc4ncccc4C(N)=O)c(F)c3)=NN2C=C1. The first kappa shape index (κ1) is 22.8. The lowest BCUT2D eigenvalue weighted by Gasteiger charge is -2.21. The number of hydrogen-bond donors (Lipinski definition) is 3. The molecule has 4 heterocycles. The number of aromatic nitrogens is 3. The summed E-state index contributed by atoms with van der Waals surface area (Å²) in [6.07, 6.45) is 8.45. The molecule has 2 amide bonds. The van der Waals surface area contributed by atoms with E-state index < -0.39 is 11.7 Å². The number of hydrogen-bond acceptors (Lipinski definition) is 8. The van der Waals surface area contributed by atoms with Crippen LogP contribution in [0.5, 0.6) is 11.6 Å². The van der Waals surface area contributed by atoms with Crippen molar-refractivity contribution in [2.45, 2.75) is 12.6 Å². The van der Waals surface area contributed by atoms with E-state index in [4.69, 9.17) is 10.5 Å². The van der Waals surface area contributed by atoms with Crippen LogP contribution in [0, 0.1) is 5.82 Å². The average Bonchev–Trinajstić information content (AvgIpc) is 3.45. The van der Waals surface area contributed by atoms with Gasteiger partial charge in [0, 0.05) is 31.2 Å². The molecular formula is C24H21FN8O3. The third-order valence-electron chi connectivity index (χ3n) is 5.51. The molecule has 0 radical (unpaired) electrons. The number of carbonyl (C=O) groups excluding carboxylic acids is 2. The third-order valence-corrected chi connectivity index (χ3v) is 5.51. The molecule has 11 nitrogen and oxygen atoms in total. The maximum atomic E-state index is 14.6. The van der Waals surface area contributed by atoms with E-state index >= 15 is 0 Å². The van der Waals surface area contributed by atoms with Crippen molar-refractivity contribution in [3.8, 4) is 11.6 Å². The molecule has 1 unspecified atom stereocenters. The van der Waals surface area contributed by atoms with Gasteiger partial charge in [-0.1, -0.05) is 6.07 Å². The second-order valence-corrected chi connectivity index (χ2v) is 8.01. The summed E-state index contributed by atoms with van der Waals surface area (Å²) < 4.78 is 21.8. The molecule has 0 saturated heterocycles. The van der Waals surface area contributed by atoms with Crippen molar-refractivity contribution in [2.24, 2.45) is 17.9 Å². The Kier molecular flexibility index (Phi) is 5.90. The monoisotopic (exact) mass is 488 g/mol. The van der Waals surface area contributed by atoms with E-state index in [0.29, 0.717) is 5.56 Å². The summed E-state index contributed by atoms with van der Waals surface area (Å²) in [4.78, 5) is 28.0. The topological polar surface area (TPSA) is 140 Å². The Balaban J connectivity index is 1.20. The number of carbonyl (C=O) groups is 2. The zero-order chi connectivity index (χ0) is 25.2. The highest BCUT2D eigenvalue weighted by Crippen LogP contribution is 2.26. The molecule has 2 aliphatic rings. The number of nitrogens with one attached hydrogen (secondary N) is 2. The van der Waals surface area contributed by atoms with Gasteiger partial charge < -0.3 is 15.8 Å². The molecule has 2 aromatic heterocycles. The van der Waals surface area contributed by atoms with E-state index in [2.05, 4.69) is 25.8 Å². The summed E-state index contributed by atoms with van der Waals surface area (Å²) in [5.41, 5.74) is 7.67. The lowest BCUT2D eigenvalue weighted by Crippen LogP contribution is -2.43. The molecule has 182 valence electrons. The van der Waals surface area contributed by atoms with Gasteiger partial charge in [0.2, 0.25) is 17.7 Å². The van der Waals surface area contributed by atoms with Crippen LogP contribution in [0.1, 0.15) is 21.6 Å². The molecule has 1 atom stereocenters. The first-order valence-electron chi connectivity index (χ1n) is 10.9. The van der Waals surface area contributed by atoms with Crippen molar-refractivity contribution >= 4 is 23.3 Å². The molecule has 0 saturated carbocycles. The standard InChI is InChI=1S/C24H21FN8O3/c1-32-18(6-9-28-32)15-7-10-33-20(13-15)29-24(31-33)30-21(34)12-14-4-5-19(17(25)11-14)36-23-16(22(26)35)3-2-8-27-23/h2-11,13,20H,12H2,1H3,(H2,26,35)(H2,29,30,31,34).